The lowest BCUT2D eigenvalue weighted by Gasteiger charge is -2.00. The Labute approximate surface area is 74.6 Å². The molecule has 0 radical (unpaired) electrons. The van der Waals surface area contributed by atoms with Gasteiger partial charge >= 0.3 is 5.97 Å². The van der Waals surface area contributed by atoms with Crippen molar-refractivity contribution in [1.82, 2.24) is 0 Å². The Bertz CT molecular complexity index is 267. The summed E-state index contributed by atoms with van der Waals surface area (Å²) in [6.45, 7) is 2.01. The number of carbonyl (C=O) groups is 1. The van der Waals surface area contributed by atoms with Gasteiger partial charge in [-0.15, -0.1) is 11.3 Å². The monoisotopic (exact) mass is 186 g/mol. The average molecular weight is 186 g/mol. The van der Waals surface area contributed by atoms with Gasteiger partial charge in [-0.1, -0.05) is 0 Å². The van der Waals surface area contributed by atoms with Crippen LogP contribution in [0.2, 0.25) is 0 Å². The zero-order valence-electron chi connectivity index (χ0n) is 6.74. The molecule has 4 heteroatoms. The number of thiophene rings is 1. The van der Waals surface area contributed by atoms with Gasteiger partial charge in [0.05, 0.1) is 18.8 Å². The van der Waals surface area contributed by atoms with Crippen LogP contribution < -0.4 is 0 Å². The highest BCUT2D eigenvalue weighted by Gasteiger charge is 2.12. The summed E-state index contributed by atoms with van der Waals surface area (Å²) in [5.41, 5.74) is 0.476. The largest absolute Gasteiger partial charge is 0.462 e. The van der Waals surface area contributed by atoms with Crippen molar-refractivity contribution in [3.8, 4) is 0 Å². The number of aliphatic hydroxyl groups excluding tert-OH is 1. The number of hydrogen-bond donors (Lipinski definition) is 1. The van der Waals surface area contributed by atoms with Crippen molar-refractivity contribution in [2.24, 2.45) is 0 Å². The molecule has 0 spiro atoms. The van der Waals surface area contributed by atoms with Gasteiger partial charge in [-0.3, -0.25) is 0 Å². The second-order valence-corrected chi connectivity index (χ2v) is 3.14. The minimum atomic E-state index is -0.359. The van der Waals surface area contributed by atoms with Crippen LogP contribution in [0.15, 0.2) is 11.4 Å². The standard InChI is InChI=1S/C8H10O3S/c1-2-11-8(10)6-3-4-12-7(6)5-9/h3-4,9H,2,5H2,1H3. The van der Waals surface area contributed by atoms with Crippen LogP contribution in [0, 0.1) is 0 Å². The maximum absolute atomic E-state index is 11.2. The summed E-state index contributed by atoms with van der Waals surface area (Å²) in [4.78, 5) is 11.8. The van der Waals surface area contributed by atoms with Crippen molar-refractivity contribution in [3.63, 3.8) is 0 Å². The predicted molar refractivity (Wildman–Crippen MR) is 46.2 cm³/mol. The first-order valence-electron chi connectivity index (χ1n) is 3.64. The molecule has 0 aliphatic carbocycles. The highest BCUT2D eigenvalue weighted by Crippen LogP contribution is 2.17. The Hall–Kier alpha value is -0.870. The smallest absolute Gasteiger partial charge is 0.339 e. The molecule has 1 N–H and O–H groups in total. The van der Waals surface area contributed by atoms with Gasteiger partial charge in [0.1, 0.15) is 0 Å². The Morgan fingerprint density at radius 2 is 2.50 bits per heavy atom. The summed E-state index contributed by atoms with van der Waals surface area (Å²) >= 11 is 1.35. The van der Waals surface area contributed by atoms with E-state index in [4.69, 9.17) is 9.84 Å². The van der Waals surface area contributed by atoms with Crippen LogP contribution in [-0.4, -0.2) is 17.7 Å². The van der Waals surface area contributed by atoms with Crippen LogP contribution in [0.4, 0.5) is 0 Å². The fourth-order valence-corrected chi connectivity index (χ4v) is 1.58. The molecule has 0 saturated heterocycles. The molecule has 1 aromatic rings. The van der Waals surface area contributed by atoms with Crippen LogP contribution in [0.3, 0.4) is 0 Å². The van der Waals surface area contributed by atoms with Crippen molar-refractivity contribution >= 4 is 17.3 Å². The Kier molecular flexibility index (Phi) is 3.25. The first-order valence-corrected chi connectivity index (χ1v) is 4.52. The van der Waals surface area contributed by atoms with Gasteiger partial charge in [0, 0.05) is 4.88 Å². The zero-order valence-corrected chi connectivity index (χ0v) is 7.56. The minimum Gasteiger partial charge on any atom is -0.462 e. The van der Waals surface area contributed by atoms with Gasteiger partial charge < -0.3 is 9.84 Å². The maximum atomic E-state index is 11.2. The van der Waals surface area contributed by atoms with E-state index in [9.17, 15) is 4.79 Å². The Morgan fingerprint density at radius 1 is 1.75 bits per heavy atom. The molecule has 0 bridgehead atoms. The topological polar surface area (TPSA) is 46.5 Å². The summed E-state index contributed by atoms with van der Waals surface area (Å²) in [6.07, 6.45) is 0. The second kappa shape index (κ2) is 4.23. The molecule has 1 rings (SSSR count). The molecule has 0 aliphatic rings. The highest BCUT2D eigenvalue weighted by molar-refractivity contribution is 7.10. The van der Waals surface area contributed by atoms with E-state index >= 15 is 0 Å². The number of carbonyl (C=O) groups excluding carboxylic acids is 1. The highest BCUT2D eigenvalue weighted by atomic mass is 32.1. The average Bonchev–Trinajstić information content (AvgIpc) is 2.51. The number of esters is 1. The molecule has 1 aromatic heterocycles. The number of rotatable bonds is 3. The molecule has 0 aliphatic heterocycles. The van der Waals surface area contributed by atoms with E-state index in [2.05, 4.69) is 0 Å². The molecule has 1 heterocycles. The Morgan fingerprint density at radius 3 is 3.08 bits per heavy atom. The minimum absolute atomic E-state index is 0.105. The lowest BCUT2D eigenvalue weighted by atomic mass is 10.3. The van der Waals surface area contributed by atoms with Crippen LogP contribution in [0.1, 0.15) is 22.2 Å². The van der Waals surface area contributed by atoms with E-state index in [1.165, 1.54) is 11.3 Å². The lowest BCUT2D eigenvalue weighted by molar-refractivity contribution is 0.0524. The molecule has 66 valence electrons. The SMILES string of the molecule is CCOC(=O)c1ccsc1CO. The molecule has 0 unspecified atom stereocenters. The van der Waals surface area contributed by atoms with Gasteiger partial charge in [0.15, 0.2) is 0 Å². The number of hydrogen-bond acceptors (Lipinski definition) is 4. The summed E-state index contributed by atoms with van der Waals surface area (Å²) in [5.74, 6) is -0.359. The predicted octanol–water partition coefficient (Wildman–Crippen LogP) is 1.42. The van der Waals surface area contributed by atoms with Gasteiger partial charge in [0.25, 0.3) is 0 Å². The van der Waals surface area contributed by atoms with E-state index in [1.54, 1.807) is 18.4 Å². The second-order valence-electron chi connectivity index (χ2n) is 2.14. The van der Waals surface area contributed by atoms with Gasteiger partial charge in [0.2, 0.25) is 0 Å². The summed E-state index contributed by atoms with van der Waals surface area (Å²) in [6, 6.07) is 1.66. The van der Waals surface area contributed by atoms with Crippen LogP contribution in [0.25, 0.3) is 0 Å². The molecule has 0 atom stereocenters. The fraction of sp³-hybridized carbons (Fsp3) is 0.375. The number of aliphatic hydroxyl groups is 1. The fourth-order valence-electron chi connectivity index (χ4n) is 0.854. The van der Waals surface area contributed by atoms with Crippen LogP contribution >= 0.6 is 11.3 Å². The summed E-state index contributed by atoms with van der Waals surface area (Å²) < 4.78 is 4.79. The third-order valence-electron chi connectivity index (χ3n) is 1.38. The third-order valence-corrected chi connectivity index (χ3v) is 2.29. The Balaban J connectivity index is 2.79. The van der Waals surface area contributed by atoms with Crippen molar-refractivity contribution in [2.75, 3.05) is 6.61 Å². The molecular weight excluding hydrogens is 176 g/mol. The summed E-state index contributed by atoms with van der Waals surface area (Å²) in [7, 11) is 0. The van der Waals surface area contributed by atoms with E-state index in [0.29, 0.717) is 17.0 Å². The molecule has 0 saturated carbocycles. The van der Waals surface area contributed by atoms with Crippen LogP contribution in [-0.2, 0) is 11.3 Å². The molecule has 0 amide bonds. The maximum Gasteiger partial charge on any atom is 0.339 e. The van der Waals surface area contributed by atoms with Gasteiger partial charge in [-0.25, -0.2) is 4.79 Å². The first kappa shape index (κ1) is 9.22. The van der Waals surface area contributed by atoms with Crippen molar-refractivity contribution in [1.29, 1.82) is 0 Å². The quantitative estimate of drug-likeness (QED) is 0.726. The van der Waals surface area contributed by atoms with Gasteiger partial charge in [-0.2, -0.15) is 0 Å². The van der Waals surface area contributed by atoms with E-state index < -0.39 is 0 Å². The first-order chi connectivity index (χ1) is 5.79. The normalized spacial score (nSPS) is 9.83. The van der Waals surface area contributed by atoms with Gasteiger partial charge in [-0.05, 0) is 18.4 Å². The third kappa shape index (κ3) is 1.84. The van der Waals surface area contributed by atoms with Crippen LogP contribution in [0.5, 0.6) is 0 Å². The van der Waals surface area contributed by atoms with Crippen molar-refractivity contribution < 1.29 is 14.6 Å². The number of ether oxygens (including phenoxy) is 1. The van der Waals surface area contributed by atoms with E-state index in [0.717, 1.165) is 0 Å². The van der Waals surface area contributed by atoms with Crippen molar-refractivity contribution in [3.05, 3.63) is 21.9 Å². The molecule has 3 nitrogen and oxygen atoms in total. The molecule has 12 heavy (non-hydrogen) atoms. The summed E-state index contributed by atoms with van der Waals surface area (Å²) in [5, 5.41) is 10.6. The zero-order chi connectivity index (χ0) is 8.97. The molecular formula is C8H10O3S. The molecule has 0 fully saturated rings. The van der Waals surface area contributed by atoms with E-state index in [1.807, 2.05) is 0 Å². The van der Waals surface area contributed by atoms with E-state index in [-0.39, 0.29) is 12.6 Å². The molecule has 0 aromatic carbocycles. The lowest BCUT2D eigenvalue weighted by Crippen LogP contribution is -2.05. The van der Waals surface area contributed by atoms with Crippen molar-refractivity contribution in [2.45, 2.75) is 13.5 Å².